The molecule has 4 heteroatoms. The van der Waals surface area contributed by atoms with Crippen LogP contribution in [0.4, 0.5) is 4.39 Å². The molecule has 0 aliphatic heterocycles. The normalized spacial score (nSPS) is 11.0. The van der Waals surface area contributed by atoms with Crippen molar-refractivity contribution in [3.63, 3.8) is 0 Å². The number of aromatic nitrogens is 2. The number of nitrogens with zero attached hydrogens (tertiary/aromatic N) is 2. The predicted octanol–water partition coefficient (Wildman–Crippen LogP) is 2.60. The van der Waals surface area contributed by atoms with Crippen LogP contribution in [0.25, 0.3) is 16.9 Å². The van der Waals surface area contributed by atoms with E-state index < -0.39 is 0 Å². The summed E-state index contributed by atoms with van der Waals surface area (Å²) in [5, 5.41) is 0. The van der Waals surface area contributed by atoms with Gasteiger partial charge in [-0.2, -0.15) is 0 Å². The van der Waals surface area contributed by atoms with E-state index in [0.717, 1.165) is 22.5 Å². The predicted molar refractivity (Wildman–Crippen MR) is 68.5 cm³/mol. The van der Waals surface area contributed by atoms with Crippen LogP contribution in [0.15, 0.2) is 48.8 Å². The number of fused-ring (bicyclic) bond motifs is 1. The van der Waals surface area contributed by atoms with Crippen LogP contribution < -0.4 is 5.73 Å². The van der Waals surface area contributed by atoms with Crippen LogP contribution in [-0.4, -0.2) is 9.38 Å². The van der Waals surface area contributed by atoms with Crippen molar-refractivity contribution in [1.82, 2.24) is 9.38 Å². The molecule has 0 unspecified atom stereocenters. The van der Waals surface area contributed by atoms with Gasteiger partial charge in [-0.3, -0.25) is 4.40 Å². The number of benzene rings is 1. The second kappa shape index (κ2) is 4.23. The highest BCUT2D eigenvalue weighted by Crippen LogP contribution is 2.25. The SMILES string of the molecule is NCc1ccc(F)cc1-c1cccc2nccn12. The topological polar surface area (TPSA) is 43.3 Å². The minimum absolute atomic E-state index is 0.265. The van der Waals surface area contributed by atoms with Crippen molar-refractivity contribution in [2.24, 2.45) is 5.73 Å². The number of hydrogen-bond acceptors (Lipinski definition) is 2. The molecule has 0 fully saturated rings. The highest BCUT2D eigenvalue weighted by atomic mass is 19.1. The maximum absolute atomic E-state index is 13.4. The first-order valence-electron chi connectivity index (χ1n) is 5.70. The van der Waals surface area contributed by atoms with Gasteiger partial charge in [0.2, 0.25) is 0 Å². The minimum atomic E-state index is -0.265. The Morgan fingerprint density at radius 2 is 2.11 bits per heavy atom. The Bertz CT molecular complexity index is 703. The number of nitrogens with two attached hydrogens (primary N) is 1. The van der Waals surface area contributed by atoms with E-state index in [4.69, 9.17) is 5.73 Å². The summed E-state index contributed by atoms with van der Waals surface area (Å²) >= 11 is 0. The van der Waals surface area contributed by atoms with E-state index >= 15 is 0 Å². The fraction of sp³-hybridized carbons (Fsp3) is 0.0714. The zero-order valence-electron chi connectivity index (χ0n) is 9.68. The average molecular weight is 241 g/mol. The molecule has 2 N–H and O–H groups in total. The minimum Gasteiger partial charge on any atom is -0.326 e. The molecule has 2 aromatic heterocycles. The molecule has 0 spiro atoms. The van der Waals surface area contributed by atoms with Crippen LogP contribution in [0.2, 0.25) is 0 Å². The van der Waals surface area contributed by atoms with E-state index in [2.05, 4.69) is 4.98 Å². The summed E-state index contributed by atoms with van der Waals surface area (Å²) in [6.07, 6.45) is 3.58. The number of rotatable bonds is 2. The fourth-order valence-electron chi connectivity index (χ4n) is 2.13. The van der Waals surface area contributed by atoms with Crippen molar-refractivity contribution in [2.75, 3.05) is 0 Å². The molecule has 3 rings (SSSR count). The van der Waals surface area contributed by atoms with Gasteiger partial charge in [0.15, 0.2) is 0 Å². The van der Waals surface area contributed by atoms with Crippen molar-refractivity contribution in [3.05, 3.63) is 60.2 Å². The second-order valence-electron chi connectivity index (χ2n) is 4.07. The van der Waals surface area contributed by atoms with Crippen LogP contribution >= 0.6 is 0 Å². The van der Waals surface area contributed by atoms with Crippen LogP contribution in [0.3, 0.4) is 0 Å². The monoisotopic (exact) mass is 241 g/mol. The maximum atomic E-state index is 13.4. The number of imidazole rings is 1. The van der Waals surface area contributed by atoms with Crippen molar-refractivity contribution in [3.8, 4) is 11.3 Å². The second-order valence-corrected chi connectivity index (χ2v) is 4.07. The fourth-order valence-corrected chi connectivity index (χ4v) is 2.13. The van der Waals surface area contributed by atoms with E-state index in [1.54, 1.807) is 12.3 Å². The van der Waals surface area contributed by atoms with Gasteiger partial charge >= 0.3 is 0 Å². The maximum Gasteiger partial charge on any atom is 0.137 e. The molecule has 3 aromatic rings. The Morgan fingerprint density at radius 1 is 1.22 bits per heavy atom. The Balaban J connectivity index is 2.31. The number of halogens is 1. The van der Waals surface area contributed by atoms with E-state index in [-0.39, 0.29) is 5.82 Å². The van der Waals surface area contributed by atoms with Crippen LogP contribution in [0.5, 0.6) is 0 Å². The Hall–Kier alpha value is -2.20. The van der Waals surface area contributed by atoms with Crippen molar-refractivity contribution >= 4 is 5.65 Å². The quantitative estimate of drug-likeness (QED) is 0.749. The lowest BCUT2D eigenvalue weighted by Crippen LogP contribution is -2.01. The first-order valence-corrected chi connectivity index (χ1v) is 5.70. The Morgan fingerprint density at radius 3 is 2.94 bits per heavy atom. The molecule has 90 valence electrons. The van der Waals surface area contributed by atoms with Gasteiger partial charge in [-0.25, -0.2) is 9.37 Å². The summed E-state index contributed by atoms with van der Waals surface area (Å²) in [6, 6.07) is 10.4. The first kappa shape index (κ1) is 10.9. The average Bonchev–Trinajstić information content (AvgIpc) is 2.86. The molecule has 18 heavy (non-hydrogen) atoms. The molecule has 3 nitrogen and oxygen atoms in total. The van der Waals surface area contributed by atoms with E-state index in [1.807, 2.05) is 28.8 Å². The largest absolute Gasteiger partial charge is 0.326 e. The molecular formula is C14H12FN3. The highest BCUT2D eigenvalue weighted by molar-refractivity contribution is 5.67. The summed E-state index contributed by atoms with van der Waals surface area (Å²) in [5.74, 6) is -0.265. The molecule has 1 aromatic carbocycles. The first-order chi connectivity index (χ1) is 8.79. The van der Waals surface area contributed by atoms with Crippen molar-refractivity contribution < 1.29 is 4.39 Å². The summed E-state index contributed by atoms with van der Waals surface area (Å²) in [7, 11) is 0. The van der Waals surface area contributed by atoms with Gasteiger partial charge < -0.3 is 5.73 Å². The Labute approximate surface area is 104 Å². The highest BCUT2D eigenvalue weighted by Gasteiger charge is 2.09. The third-order valence-electron chi connectivity index (χ3n) is 3.00. The third kappa shape index (κ3) is 1.67. The molecule has 0 saturated heterocycles. The zero-order chi connectivity index (χ0) is 12.5. The number of hydrogen-bond donors (Lipinski definition) is 1. The molecule has 0 aliphatic carbocycles. The lowest BCUT2D eigenvalue weighted by Gasteiger charge is -2.10. The van der Waals surface area contributed by atoms with Gasteiger partial charge in [0.05, 0.1) is 5.69 Å². The lowest BCUT2D eigenvalue weighted by molar-refractivity contribution is 0.627. The van der Waals surface area contributed by atoms with Gasteiger partial charge in [-0.1, -0.05) is 12.1 Å². The van der Waals surface area contributed by atoms with E-state index in [0.29, 0.717) is 6.54 Å². The van der Waals surface area contributed by atoms with Gasteiger partial charge in [0, 0.05) is 24.5 Å². The molecule has 0 aliphatic rings. The van der Waals surface area contributed by atoms with Gasteiger partial charge in [-0.05, 0) is 29.8 Å². The summed E-state index contributed by atoms with van der Waals surface area (Å²) in [5.41, 5.74) is 9.16. The lowest BCUT2D eigenvalue weighted by atomic mass is 10.0. The smallest absolute Gasteiger partial charge is 0.137 e. The molecule has 2 heterocycles. The molecule has 0 bridgehead atoms. The van der Waals surface area contributed by atoms with Gasteiger partial charge in [0.1, 0.15) is 11.5 Å². The Kier molecular flexibility index (Phi) is 2.57. The third-order valence-corrected chi connectivity index (χ3v) is 3.00. The van der Waals surface area contributed by atoms with Gasteiger partial charge in [-0.15, -0.1) is 0 Å². The summed E-state index contributed by atoms with van der Waals surface area (Å²) in [4.78, 5) is 4.22. The molecular weight excluding hydrogens is 229 g/mol. The van der Waals surface area contributed by atoms with Crippen molar-refractivity contribution in [1.29, 1.82) is 0 Å². The molecule has 0 amide bonds. The van der Waals surface area contributed by atoms with Crippen LogP contribution in [0.1, 0.15) is 5.56 Å². The zero-order valence-corrected chi connectivity index (χ0v) is 9.68. The summed E-state index contributed by atoms with van der Waals surface area (Å²) < 4.78 is 15.4. The molecule has 0 atom stereocenters. The summed E-state index contributed by atoms with van der Waals surface area (Å²) in [6.45, 7) is 0.376. The standard InChI is InChI=1S/C14H12FN3/c15-11-5-4-10(9-16)12(8-11)13-2-1-3-14-17-6-7-18(13)14/h1-8H,9,16H2. The van der Waals surface area contributed by atoms with Gasteiger partial charge in [0.25, 0.3) is 0 Å². The van der Waals surface area contributed by atoms with Crippen LogP contribution in [-0.2, 0) is 6.54 Å². The van der Waals surface area contributed by atoms with E-state index in [1.165, 1.54) is 12.1 Å². The van der Waals surface area contributed by atoms with Crippen molar-refractivity contribution in [2.45, 2.75) is 6.54 Å². The van der Waals surface area contributed by atoms with E-state index in [9.17, 15) is 4.39 Å². The molecule has 0 saturated carbocycles. The van der Waals surface area contributed by atoms with Crippen LogP contribution in [0, 0.1) is 5.82 Å². The number of pyridine rings is 1. The molecule has 0 radical (unpaired) electrons.